The Labute approximate surface area is 86.9 Å². The number of halogens is 1. The normalized spacial score (nSPS) is 24.2. The molecule has 0 N–H and O–H groups in total. The molecule has 1 aliphatic rings. The summed E-state index contributed by atoms with van der Waals surface area (Å²) in [5.74, 6) is -0.119. The first-order chi connectivity index (χ1) is 6.11. The Balaban J connectivity index is 2.39. The fourth-order valence-electron chi connectivity index (χ4n) is 1.30. The lowest BCUT2D eigenvalue weighted by Gasteiger charge is -2.31. The van der Waals surface area contributed by atoms with Crippen molar-refractivity contribution in [2.45, 2.75) is 19.4 Å². The van der Waals surface area contributed by atoms with Gasteiger partial charge in [-0.15, -0.1) is 0 Å². The van der Waals surface area contributed by atoms with Crippen molar-refractivity contribution < 1.29 is 9.53 Å². The van der Waals surface area contributed by atoms with Gasteiger partial charge in [0.05, 0.1) is 0 Å². The van der Waals surface area contributed by atoms with Crippen LogP contribution in [0.25, 0.3) is 0 Å². The lowest BCUT2D eigenvalue weighted by molar-refractivity contribution is -0.156. The summed E-state index contributed by atoms with van der Waals surface area (Å²) in [5, 5.41) is 0. The van der Waals surface area contributed by atoms with E-state index in [1.807, 2.05) is 6.92 Å². The number of esters is 1. The van der Waals surface area contributed by atoms with Gasteiger partial charge in [0.2, 0.25) is 0 Å². The van der Waals surface area contributed by atoms with Gasteiger partial charge in [-0.1, -0.05) is 22.5 Å². The highest BCUT2D eigenvalue weighted by Crippen LogP contribution is 2.12. The monoisotopic (exact) mass is 247 g/mol. The van der Waals surface area contributed by atoms with E-state index < -0.39 is 0 Å². The number of nitrogens with zero attached hydrogens (tertiary/aromatic N) is 1. The second kappa shape index (κ2) is 4.77. The minimum atomic E-state index is -0.119. The van der Waals surface area contributed by atoms with Crippen molar-refractivity contribution >= 4 is 21.9 Å². The SMILES string of the molecule is C=C(Br)CCN1CCOC(=O)C1C. The van der Waals surface area contributed by atoms with E-state index in [2.05, 4.69) is 27.4 Å². The Morgan fingerprint density at radius 2 is 2.54 bits per heavy atom. The maximum atomic E-state index is 11.2. The van der Waals surface area contributed by atoms with Crippen molar-refractivity contribution in [3.8, 4) is 0 Å². The summed E-state index contributed by atoms with van der Waals surface area (Å²) in [6, 6.07) is -0.111. The van der Waals surface area contributed by atoms with Crippen LogP contribution in [0, 0.1) is 0 Å². The molecule has 3 nitrogen and oxygen atoms in total. The lowest BCUT2D eigenvalue weighted by atomic mass is 10.2. The number of rotatable bonds is 3. The third kappa shape index (κ3) is 3.12. The van der Waals surface area contributed by atoms with E-state index >= 15 is 0 Å². The molecule has 1 heterocycles. The number of hydrogen-bond donors (Lipinski definition) is 0. The predicted octanol–water partition coefficient (Wildman–Crippen LogP) is 1.53. The van der Waals surface area contributed by atoms with Crippen LogP contribution in [0.3, 0.4) is 0 Å². The maximum absolute atomic E-state index is 11.2. The number of morpholine rings is 1. The zero-order valence-corrected chi connectivity index (χ0v) is 9.34. The second-order valence-electron chi connectivity index (χ2n) is 3.15. The Morgan fingerprint density at radius 3 is 3.15 bits per heavy atom. The highest BCUT2D eigenvalue weighted by molar-refractivity contribution is 9.11. The summed E-state index contributed by atoms with van der Waals surface area (Å²) in [6.45, 7) is 7.83. The maximum Gasteiger partial charge on any atom is 0.323 e. The molecule has 0 aromatic heterocycles. The van der Waals surface area contributed by atoms with Gasteiger partial charge in [-0.3, -0.25) is 9.69 Å². The van der Waals surface area contributed by atoms with Gasteiger partial charge in [0.15, 0.2) is 0 Å². The average molecular weight is 248 g/mol. The summed E-state index contributed by atoms with van der Waals surface area (Å²) in [5.41, 5.74) is 0. The zero-order chi connectivity index (χ0) is 9.84. The van der Waals surface area contributed by atoms with Crippen LogP contribution in [0.1, 0.15) is 13.3 Å². The zero-order valence-electron chi connectivity index (χ0n) is 7.75. The molecular weight excluding hydrogens is 234 g/mol. The summed E-state index contributed by atoms with van der Waals surface area (Å²) < 4.78 is 5.88. The minimum Gasteiger partial charge on any atom is -0.463 e. The molecule has 0 aromatic rings. The van der Waals surface area contributed by atoms with Gasteiger partial charge in [0.25, 0.3) is 0 Å². The molecule has 0 spiro atoms. The molecule has 1 unspecified atom stereocenters. The van der Waals surface area contributed by atoms with Gasteiger partial charge in [0.1, 0.15) is 12.6 Å². The standard InChI is InChI=1S/C9H14BrNO2/c1-7(10)3-4-11-5-6-13-9(12)8(11)2/h8H,1,3-6H2,2H3. The third-order valence-corrected chi connectivity index (χ3v) is 2.58. The quantitative estimate of drug-likeness (QED) is 0.709. The van der Waals surface area contributed by atoms with Crippen LogP contribution in [0.4, 0.5) is 0 Å². The van der Waals surface area contributed by atoms with Gasteiger partial charge in [-0.05, 0) is 17.8 Å². The molecule has 1 atom stereocenters. The smallest absolute Gasteiger partial charge is 0.323 e. The van der Waals surface area contributed by atoms with Gasteiger partial charge in [0, 0.05) is 13.1 Å². The van der Waals surface area contributed by atoms with E-state index in [0.29, 0.717) is 6.61 Å². The largest absolute Gasteiger partial charge is 0.463 e. The van der Waals surface area contributed by atoms with Crippen LogP contribution >= 0.6 is 15.9 Å². The number of carbonyl (C=O) groups is 1. The topological polar surface area (TPSA) is 29.5 Å². The molecule has 0 radical (unpaired) electrons. The molecule has 0 bridgehead atoms. The van der Waals surface area contributed by atoms with E-state index in [1.165, 1.54) is 0 Å². The minimum absolute atomic E-state index is 0.111. The van der Waals surface area contributed by atoms with E-state index in [4.69, 9.17) is 4.74 Å². The summed E-state index contributed by atoms with van der Waals surface area (Å²) in [4.78, 5) is 13.3. The number of hydrogen-bond acceptors (Lipinski definition) is 3. The van der Waals surface area contributed by atoms with Crippen molar-refractivity contribution in [1.82, 2.24) is 4.90 Å². The molecular formula is C9H14BrNO2. The van der Waals surface area contributed by atoms with E-state index in [-0.39, 0.29) is 12.0 Å². The molecule has 0 saturated carbocycles. The molecule has 1 fully saturated rings. The van der Waals surface area contributed by atoms with Crippen LogP contribution < -0.4 is 0 Å². The van der Waals surface area contributed by atoms with E-state index in [0.717, 1.165) is 24.0 Å². The van der Waals surface area contributed by atoms with Crippen LogP contribution in [0.15, 0.2) is 11.1 Å². The van der Waals surface area contributed by atoms with Crippen LogP contribution in [-0.2, 0) is 9.53 Å². The Morgan fingerprint density at radius 1 is 1.85 bits per heavy atom. The van der Waals surface area contributed by atoms with Gasteiger partial charge in [-0.25, -0.2) is 0 Å². The average Bonchev–Trinajstić information content (AvgIpc) is 2.07. The number of ether oxygens (including phenoxy) is 1. The van der Waals surface area contributed by atoms with Gasteiger partial charge in [-0.2, -0.15) is 0 Å². The Kier molecular flexibility index (Phi) is 3.93. The van der Waals surface area contributed by atoms with Gasteiger partial charge < -0.3 is 4.74 Å². The predicted molar refractivity (Wildman–Crippen MR) is 54.7 cm³/mol. The number of carbonyl (C=O) groups excluding carboxylic acids is 1. The van der Waals surface area contributed by atoms with Crippen molar-refractivity contribution in [3.05, 3.63) is 11.1 Å². The van der Waals surface area contributed by atoms with Gasteiger partial charge >= 0.3 is 5.97 Å². The molecule has 0 aliphatic carbocycles. The van der Waals surface area contributed by atoms with Crippen molar-refractivity contribution in [1.29, 1.82) is 0 Å². The van der Waals surface area contributed by atoms with Crippen molar-refractivity contribution in [3.63, 3.8) is 0 Å². The third-order valence-electron chi connectivity index (χ3n) is 2.18. The molecule has 1 saturated heterocycles. The first kappa shape index (κ1) is 10.7. The van der Waals surface area contributed by atoms with Crippen molar-refractivity contribution in [2.24, 2.45) is 0 Å². The summed E-state index contributed by atoms with van der Waals surface area (Å²) in [7, 11) is 0. The molecule has 1 rings (SSSR count). The highest BCUT2D eigenvalue weighted by Gasteiger charge is 2.26. The number of cyclic esters (lactones) is 1. The lowest BCUT2D eigenvalue weighted by Crippen LogP contribution is -2.47. The molecule has 13 heavy (non-hydrogen) atoms. The first-order valence-corrected chi connectivity index (χ1v) is 5.14. The summed E-state index contributed by atoms with van der Waals surface area (Å²) in [6.07, 6.45) is 0.873. The molecule has 0 aromatic carbocycles. The second-order valence-corrected chi connectivity index (χ2v) is 4.27. The fourth-order valence-corrected chi connectivity index (χ4v) is 1.47. The van der Waals surface area contributed by atoms with Crippen LogP contribution in [-0.4, -0.2) is 36.6 Å². The molecule has 1 aliphatic heterocycles. The first-order valence-electron chi connectivity index (χ1n) is 4.35. The molecule has 0 amide bonds. The van der Waals surface area contributed by atoms with Crippen LogP contribution in [0.2, 0.25) is 0 Å². The van der Waals surface area contributed by atoms with Crippen molar-refractivity contribution in [2.75, 3.05) is 19.7 Å². The Bertz CT molecular complexity index is 218. The Hall–Kier alpha value is -0.350. The molecule has 4 heteroatoms. The highest BCUT2D eigenvalue weighted by atomic mass is 79.9. The fraction of sp³-hybridized carbons (Fsp3) is 0.667. The summed E-state index contributed by atoms with van der Waals surface area (Å²) >= 11 is 3.30. The molecule has 74 valence electrons. The van der Waals surface area contributed by atoms with E-state index in [9.17, 15) is 4.79 Å². The van der Waals surface area contributed by atoms with E-state index in [1.54, 1.807) is 0 Å². The van der Waals surface area contributed by atoms with Crippen LogP contribution in [0.5, 0.6) is 0 Å².